The minimum absolute atomic E-state index is 0.604. The summed E-state index contributed by atoms with van der Waals surface area (Å²) in [6, 6.07) is 12.8. The van der Waals surface area contributed by atoms with Crippen molar-refractivity contribution in [3.8, 4) is 10.6 Å². The molecule has 0 amide bonds. The highest BCUT2D eigenvalue weighted by Crippen LogP contribution is 2.32. The van der Waals surface area contributed by atoms with E-state index in [2.05, 4.69) is 62.8 Å². The van der Waals surface area contributed by atoms with Gasteiger partial charge in [0.05, 0.1) is 23.8 Å². The molecule has 5 rings (SSSR count). The Kier molecular flexibility index (Phi) is 5.48. The topological polar surface area (TPSA) is 66.1 Å². The predicted octanol–water partition coefficient (Wildman–Crippen LogP) is 4.82. The fourth-order valence-corrected chi connectivity index (χ4v) is 4.71. The third-order valence-corrected chi connectivity index (χ3v) is 6.42. The summed E-state index contributed by atoms with van der Waals surface area (Å²) in [6.45, 7) is 6.77. The summed E-state index contributed by atoms with van der Waals surface area (Å²) in [4.78, 5) is 16.3. The number of aryl methyl sites for hydroxylation is 1. The van der Waals surface area contributed by atoms with Gasteiger partial charge in [-0.2, -0.15) is 4.98 Å². The number of aromatic amines is 1. The Balaban J connectivity index is 1.37. The number of ether oxygens (including phenoxy) is 1. The van der Waals surface area contributed by atoms with E-state index in [-0.39, 0.29) is 0 Å². The van der Waals surface area contributed by atoms with Crippen LogP contribution in [0.15, 0.2) is 48.0 Å². The zero-order valence-corrected chi connectivity index (χ0v) is 17.8. The number of H-pyrrole nitrogens is 1. The minimum atomic E-state index is 0.604. The van der Waals surface area contributed by atoms with Crippen molar-refractivity contribution in [2.75, 3.05) is 31.6 Å². The lowest BCUT2D eigenvalue weighted by Crippen LogP contribution is -2.35. The molecule has 0 atom stereocenters. The second-order valence-corrected chi connectivity index (χ2v) is 8.43. The van der Waals surface area contributed by atoms with Gasteiger partial charge in [-0.25, -0.2) is 4.98 Å². The molecule has 0 saturated carbocycles. The summed E-state index contributed by atoms with van der Waals surface area (Å²) >= 11 is 1.73. The Morgan fingerprint density at radius 1 is 1.10 bits per heavy atom. The third-order valence-electron chi connectivity index (χ3n) is 5.43. The van der Waals surface area contributed by atoms with Crippen LogP contribution in [0.25, 0.3) is 21.6 Å². The molecule has 0 spiro atoms. The van der Waals surface area contributed by atoms with Crippen LogP contribution in [0.2, 0.25) is 0 Å². The van der Waals surface area contributed by atoms with Crippen LogP contribution in [0.3, 0.4) is 0 Å². The van der Waals surface area contributed by atoms with Gasteiger partial charge >= 0.3 is 0 Å². The molecule has 154 valence electrons. The van der Waals surface area contributed by atoms with Crippen LogP contribution in [0.4, 0.5) is 11.6 Å². The second-order valence-electron chi connectivity index (χ2n) is 7.52. The van der Waals surface area contributed by atoms with Crippen LogP contribution in [0.5, 0.6) is 0 Å². The van der Waals surface area contributed by atoms with Gasteiger partial charge < -0.3 is 15.0 Å². The van der Waals surface area contributed by atoms with Crippen molar-refractivity contribution in [2.45, 2.75) is 19.9 Å². The van der Waals surface area contributed by atoms with E-state index in [4.69, 9.17) is 9.72 Å². The van der Waals surface area contributed by atoms with Crippen LogP contribution in [0, 0.1) is 0 Å². The van der Waals surface area contributed by atoms with Gasteiger partial charge in [0.25, 0.3) is 0 Å². The van der Waals surface area contributed by atoms with Crippen LogP contribution >= 0.6 is 11.3 Å². The largest absolute Gasteiger partial charge is 0.379 e. The average Bonchev–Trinajstić information content (AvgIpc) is 3.45. The molecule has 30 heavy (non-hydrogen) atoms. The lowest BCUT2D eigenvalue weighted by Gasteiger charge is -2.26. The zero-order valence-electron chi connectivity index (χ0n) is 17.0. The number of morpholine rings is 1. The highest BCUT2D eigenvalue weighted by molar-refractivity contribution is 7.13. The minimum Gasteiger partial charge on any atom is -0.379 e. The quantitative estimate of drug-likeness (QED) is 0.469. The molecule has 0 unspecified atom stereocenters. The van der Waals surface area contributed by atoms with Gasteiger partial charge in [0.2, 0.25) is 5.95 Å². The molecule has 1 saturated heterocycles. The fourth-order valence-electron chi connectivity index (χ4n) is 3.71. The van der Waals surface area contributed by atoms with E-state index in [9.17, 15) is 0 Å². The maximum Gasteiger partial charge on any atom is 0.229 e. The van der Waals surface area contributed by atoms with E-state index in [1.54, 1.807) is 11.3 Å². The molecule has 1 fully saturated rings. The number of benzene rings is 1. The van der Waals surface area contributed by atoms with Gasteiger partial charge in [0.1, 0.15) is 5.65 Å². The summed E-state index contributed by atoms with van der Waals surface area (Å²) in [5, 5.41) is 6.63. The van der Waals surface area contributed by atoms with Gasteiger partial charge in [-0.15, -0.1) is 11.3 Å². The SMILES string of the molecule is CCc1csc(-c2nc(Nc3ccc(CN4CCOCC4)cc3)nc3[nH]ccc23)c1. The molecule has 1 aliphatic heterocycles. The van der Waals surface area contributed by atoms with Gasteiger partial charge in [-0.05, 0) is 47.2 Å². The first-order chi connectivity index (χ1) is 14.8. The highest BCUT2D eigenvalue weighted by Gasteiger charge is 2.14. The first kappa shape index (κ1) is 19.2. The number of rotatable bonds is 6. The Morgan fingerprint density at radius 2 is 1.93 bits per heavy atom. The third kappa shape index (κ3) is 4.09. The van der Waals surface area contributed by atoms with Crippen molar-refractivity contribution >= 4 is 34.0 Å². The number of hydrogen-bond acceptors (Lipinski definition) is 6. The molecule has 0 radical (unpaired) electrons. The molecular weight excluding hydrogens is 394 g/mol. The standard InChI is InChI=1S/C23H25N5OS/c1-2-16-13-20(30-15-16)21-19-7-8-24-22(19)27-23(26-21)25-18-5-3-17(4-6-18)14-28-9-11-29-12-10-28/h3-8,13,15H,2,9-12,14H2,1H3,(H2,24,25,26,27). The molecular formula is C23H25N5OS. The Labute approximate surface area is 179 Å². The van der Waals surface area contributed by atoms with Gasteiger partial charge in [0, 0.05) is 36.9 Å². The van der Waals surface area contributed by atoms with Crippen molar-refractivity contribution in [3.63, 3.8) is 0 Å². The average molecular weight is 420 g/mol. The fraction of sp³-hybridized carbons (Fsp3) is 0.304. The molecule has 4 aromatic rings. The normalized spacial score (nSPS) is 15.0. The first-order valence-electron chi connectivity index (χ1n) is 10.4. The maximum atomic E-state index is 5.43. The molecule has 7 heteroatoms. The van der Waals surface area contributed by atoms with E-state index in [1.165, 1.54) is 16.0 Å². The lowest BCUT2D eigenvalue weighted by molar-refractivity contribution is 0.0342. The van der Waals surface area contributed by atoms with Gasteiger partial charge in [-0.1, -0.05) is 19.1 Å². The van der Waals surface area contributed by atoms with E-state index < -0.39 is 0 Å². The molecule has 3 aromatic heterocycles. The monoisotopic (exact) mass is 419 g/mol. The molecule has 1 aliphatic rings. The Morgan fingerprint density at radius 3 is 2.70 bits per heavy atom. The van der Waals surface area contributed by atoms with Crippen LogP contribution in [0.1, 0.15) is 18.1 Å². The lowest BCUT2D eigenvalue weighted by atomic mass is 10.2. The molecule has 0 bridgehead atoms. The zero-order chi connectivity index (χ0) is 20.3. The van der Waals surface area contributed by atoms with E-state index in [1.807, 2.05) is 12.3 Å². The van der Waals surface area contributed by atoms with Crippen molar-refractivity contribution in [1.29, 1.82) is 0 Å². The highest BCUT2D eigenvalue weighted by atomic mass is 32.1. The van der Waals surface area contributed by atoms with Crippen molar-refractivity contribution in [1.82, 2.24) is 19.9 Å². The molecule has 0 aliphatic carbocycles. The second kappa shape index (κ2) is 8.55. The summed E-state index contributed by atoms with van der Waals surface area (Å²) in [5.41, 5.74) is 5.44. The molecule has 4 heterocycles. The van der Waals surface area contributed by atoms with E-state index >= 15 is 0 Å². The number of aromatic nitrogens is 3. The summed E-state index contributed by atoms with van der Waals surface area (Å²) in [7, 11) is 0. The van der Waals surface area contributed by atoms with Crippen molar-refractivity contribution < 1.29 is 4.74 Å². The number of hydrogen-bond donors (Lipinski definition) is 2. The first-order valence-corrected chi connectivity index (χ1v) is 11.3. The maximum absolute atomic E-state index is 5.43. The Bertz CT molecular complexity index is 1130. The summed E-state index contributed by atoms with van der Waals surface area (Å²) in [5.74, 6) is 0.604. The Hall–Kier alpha value is -2.74. The summed E-state index contributed by atoms with van der Waals surface area (Å²) < 4.78 is 5.43. The van der Waals surface area contributed by atoms with Gasteiger partial charge in [-0.3, -0.25) is 4.90 Å². The number of nitrogens with one attached hydrogen (secondary N) is 2. The molecule has 6 nitrogen and oxygen atoms in total. The molecule has 2 N–H and O–H groups in total. The van der Waals surface area contributed by atoms with Crippen LogP contribution < -0.4 is 5.32 Å². The van der Waals surface area contributed by atoms with Gasteiger partial charge in [0.15, 0.2) is 0 Å². The summed E-state index contributed by atoms with van der Waals surface area (Å²) in [6.07, 6.45) is 2.95. The molecule has 1 aromatic carbocycles. The van der Waals surface area contributed by atoms with Crippen molar-refractivity contribution in [2.24, 2.45) is 0 Å². The van der Waals surface area contributed by atoms with E-state index in [0.29, 0.717) is 5.95 Å². The number of fused-ring (bicyclic) bond motifs is 1. The van der Waals surface area contributed by atoms with Crippen molar-refractivity contribution in [3.05, 3.63) is 59.1 Å². The van der Waals surface area contributed by atoms with Crippen LogP contribution in [-0.4, -0.2) is 46.2 Å². The smallest absolute Gasteiger partial charge is 0.229 e. The number of anilines is 2. The number of nitrogens with zero attached hydrogens (tertiary/aromatic N) is 3. The number of thiophene rings is 1. The van der Waals surface area contributed by atoms with E-state index in [0.717, 1.165) is 61.7 Å². The predicted molar refractivity (Wildman–Crippen MR) is 122 cm³/mol. The van der Waals surface area contributed by atoms with Crippen LogP contribution in [-0.2, 0) is 17.7 Å².